The van der Waals surface area contributed by atoms with Crippen LogP contribution in [0, 0.1) is 5.92 Å². The maximum Gasteiger partial charge on any atom is 0.227 e. The molecule has 4 rings (SSSR count). The van der Waals surface area contributed by atoms with Gasteiger partial charge in [-0.15, -0.1) is 0 Å². The maximum absolute atomic E-state index is 12.6. The highest BCUT2D eigenvalue weighted by molar-refractivity contribution is 6.30. The van der Waals surface area contributed by atoms with Crippen molar-refractivity contribution in [3.05, 3.63) is 47.0 Å². The number of aryl methyl sites for hydroxylation is 1. The fourth-order valence-corrected chi connectivity index (χ4v) is 3.53. The second kappa shape index (κ2) is 5.89. The van der Waals surface area contributed by atoms with E-state index in [1.165, 1.54) is 0 Å². The number of halogens is 1. The highest BCUT2D eigenvalue weighted by Crippen LogP contribution is 2.30. The summed E-state index contributed by atoms with van der Waals surface area (Å²) in [5.74, 6) is 1.83. The molecule has 1 N–H and O–H groups in total. The average molecular weight is 332 g/mol. The van der Waals surface area contributed by atoms with Crippen molar-refractivity contribution in [1.82, 2.24) is 14.9 Å². The SMILES string of the molecule is O=C(N[C@H]1CCc2nccn2C1)[C@@H]1COc2ccc(Cl)cc2C1. The summed E-state index contributed by atoms with van der Waals surface area (Å²) in [6.07, 6.45) is 6.28. The van der Waals surface area contributed by atoms with Crippen molar-refractivity contribution in [2.75, 3.05) is 6.61 Å². The standard InChI is InChI=1S/C17H18ClN3O2/c18-13-1-3-15-11(8-13)7-12(10-23-15)17(22)20-14-2-4-16-19-5-6-21(16)9-14/h1,3,5-6,8,12,14H,2,4,7,9-10H2,(H,20,22)/t12-,14-/m0/s1. The topological polar surface area (TPSA) is 56.2 Å². The normalized spacial score (nSPS) is 22.7. The Balaban J connectivity index is 1.41. The zero-order valence-electron chi connectivity index (χ0n) is 12.7. The van der Waals surface area contributed by atoms with Crippen molar-refractivity contribution in [1.29, 1.82) is 0 Å². The van der Waals surface area contributed by atoms with Gasteiger partial charge in [0.2, 0.25) is 5.91 Å². The third-order valence-corrected chi connectivity index (χ3v) is 4.82. The van der Waals surface area contributed by atoms with E-state index in [9.17, 15) is 4.79 Å². The number of nitrogens with zero attached hydrogens (tertiary/aromatic N) is 2. The number of rotatable bonds is 2. The van der Waals surface area contributed by atoms with Crippen molar-refractivity contribution < 1.29 is 9.53 Å². The van der Waals surface area contributed by atoms with Gasteiger partial charge in [0.25, 0.3) is 0 Å². The van der Waals surface area contributed by atoms with Crippen molar-refractivity contribution >= 4 is 17.5 Å². The lowest BCUT2D eigenvalue weighted by atomic mass is 9.95. The highest BCUT2D eigenvalue weighted by Gasteiger charge is 2.29. The van der Waals surface area contributed by atoms with E-state index in [1.807, 2.05) is 30.6 Å². The van der Waals surface area contributed by atoms with Crippen molar-refractivity contribution in [3.8, 4) is 5.75 Å². The number of ether oxygens (including phenoxy) is 1. The van der Waals surface area contributed by atoms with E-state index >= 15 is 0 Å². The van der Waals surface area contributed by atoms with E-state index in [1.54, 1.807) is 0 Å². The number of aromatic nitrogens is 2. The summed E-state index contributed by atoms with van der Waals surface area (Å²) in [4.78, 5) is 16.9. The van der Waals surface area contributed by atoms with Gasteiger partial charge in [-0.2, -0.15) is 0 Å². The lowest BCUT2D eigenvalue weighted by molar-refractivity contribution is -0.127. The van der Waals surface area contributed by atoms with Crippen LogP contribution in [-0.4, -0.2) is 28.1 Å². The second-order valence-corrected chi connectivity index (χ2v) is 6.64. The lowest BCUT2D eigenvalue weighted by Gasteiger charge is -2.29. The van der Waals surface area contributed by atoms with Gasteiger partial charge in [0, 0.05) is 36.4 Å². The molecule has 2 atom stereocenters. The molecule has 2 aliphatic rings. The van der Waals surface area contributed by atoms with Crippen LogP contribution in [0.3, 0.4) is 0 Å². The number of hydrogen-bond acceptors (Lipinski definition) is 3. The van der Waals surface area contributed by atoms with Crippen LogP contribution in [0.5, 0.6) is 5.75 Å². The maximum atomic E-state index is 12.6. The Hall–Kier alpha value is -2.01. The summed E-state index contributed by atoms with van der Waals surface area (Å²) in [7, 11) is 0. The van der Waals surface area contributed by atoms with Gasteiger partial charge in [-0.3, -0.25) is 4.79 Å². The highest BCUT2D eigenvalue weighted by atomic mass is 35.5. The predicted molar refractivity (Wildman–Crippen MR) is 86.6 cm³/mol. The number of hydrogen-bond donors (Lipinski definition) is 1. The number of nitrogens with one attached hydrogen (secondary N) is 1. The second-order valence-electron chi connectivity index (χ2n) is 6.20. The molecule has 1 amide bonds. The van der Waals surface area contributed by atoms with Crippen LogP contribution in [0.1, 0.15) is 17.8 Å². The minimum Gasteiger partial charge on any atom is -0.492 e. The Bertz CT molecular complexity index is 743. The Morgan fingerprint density at radius 3 is 3.26 bits per heavy atom. The molecule has 6 heteroatoms. The zero-order chi connectivity index (χ0) is 15.8. The van der Waals surface area contributed by atoms with Crippen molar-refractivity contribution in [3.63, 3.8) is 0 Å². The van der Waals surface area contributed by atoms with Gasteiger partial charge < -0.3 is 14.6 Å². The van der Waals surface area contributed by atoms with Gasteiger partial charge in [-0.05, 0) is 36.6 Å². The Morgan fingerprint density at radius 1 is 1.43 bits per heavy atom. The Morgan fingerprint density at radius 2 is 2.35 bits per heavy atom. The largest absolute Gasteiger partial charge is 0.492 e. The molecular weight excluding hydrogens is 314 g/mol. The third kappa shape index (κ3) is 2.93. The third-order valence-electron chi connectivity index (χ3n) is 4.58. The van der Waals surface area contributed by atoms with Gasteiger partial charge >= 0.3 is 0 Å². The zero-order valence-corrected chi connectivity index (χ0v) is 13.4. The average Bonchev–Trinajstić information content (AvgIpc) is 3.01. The van der Waals surface area contributed by atoms with E-state index < -0.39 is 0 Å². The molecule has 1 aromatic carbocycles. The molecular formula is C17H18ClN3O2. The molecule has 2 aliphatic heterocycles. The van der Waals surface area contributed by atoms with E-state index in [0.29, 0.717) is 18.1 Å². The summed E-state index contributed by atoms with van der Waals surface area (Å²) in [5, 5.41) is 3.84. The van der Waals surface area contributed by atoms with Gasteiger partial charge in [0.1, 0.15) is 18.2 Å². The number of benzene rings is 1. The molecule has 120 valence electrons. The van der Waals surface area contributed by atoms with E-state index in [2.05, 4.69) is 14.9 Å². The molecule has 5 nitrogen and oxygen atoms in total. The van der Waals surface area contributed by atoms with Crippen LogP contribution in [-0.2, 0) is 24.2 Å². The van der Waals surface area contributed by atoms with E-state index in [-0.39, 0.29) is 17.9 Å². The first-order valence-electron chi connectivity index (χ1n) is 7.90. The first kappa shape index (κ1) is 14.6. The van der Waals surface area contributed by atoms with Crippen LogP contribution in [0.15, 0.2) is 30.6 Å². The smallest absolute Gasteiger partial charge is 0.227 e. The summed E-state index contributed by atoms with van der Waals surface area (Å²) >= 11 is 6.03. The van der Waals surface area contributed by atoms with Crippen molar-refractivity contribution in [2.45, 2.75) is 31.8 Å². The first-order chi connectivity index (χ1) is 11.2. The predicted octanol–water partition coefficient (Wildman–Crippen LogP) is 2.22. The quantitative estimate of drug-likeness (QED) is 0.918. The summed E-state index contributed by atoms with van der Waals surface area (Å²) in [5.41, 5.74) is 1.00. The van der Waals surface area contributed by atoms with Crippen LogP contribution >= 0.6 is 11.6 Å². The van der Waals surface area contributed by atoms with Crippen LogP contribution < -0.4 is 10.1 Å². The molecule has 0 bridgehead atoms. The molecule has 3 heterocycles. The van der Waals surface area contributed by atoms with Crippen molar-refractivity contribution in [2.24, 2.45) is 5.92 Å². The van der Waals surface area contributed by atoms with Crippen LogP contribution in [0.4, 0.5) is 0 Å². The number of carbonyl (C=O) groups excluding carboxylic acids is 1. The number of imidazole rings is 1. The van der Waals surface area contributed by atoms with Crippen LogP contribution in [0.2, 0.25) is 5.02 Å². The number of carbonyl (C=O) groups is 1. The van der Waals surface area contributed by atoms with Gasteiger partial charge in [0.15, 0.2) is 0 Å². The van der Waals surface area contributed by atoms with E-state index in [0.717, 1.165) is 36.5 Å². The number of fused-ring (bicyclic) bond motifs is 2. The van der Waals surface area contributed by atoms with Gasteiger partial charge in [0.05, 0.1) is 5.92 Å². The van der Waals surface area contributed by atoms with E-state index in [4.69, 9.17) is 16.3 Å². The molecule has 0 saturated carbocycles. The lowest BCUT2D eigenvalue weighted by Crippen LogP contribution is -2.46. The molecule has 0 saturated heterocycles. The summed E-state index contributed by atoms with van der Waals surface area (Å²) < 4.78 is 7.82. The molecule has 1 aromatic heterocycles. The Labute approximate surface area is 139 Å². The fraction of sp³-hybridized carbons (Fsp3) is 0.412. The molecule has 2 aromatic rings. The summed E-state index contributed by atoms with van der Waals surface area (Å²) in [6.45, 7) is 1.21. The molecule has 0 aliphatic carbocycles. The minimum absolute atomic E-state index is 0.0594. The number of amides is 1. The van der Waals surface area contributed by atoms with Crippen LogP contribution in [0.25, 0.3) is 0 Å². The van der Waals surface area contributed by atoms with Gasteiger partial charge in [-0.1, -0.05) is 11.6 Å². The van der Waals surface area contributed by atoms with Gasteiger partial charge in [-0.25, -0.2) is 4.98 Å². The molecule has 0 spiro atoms. The monoisotopic (exact) mass is 331 g/mol. The first-order valence-corrected chi connectivity index (χ1v) is 8.28. The summed E-state index contributed by atoms with van der Waals surface area (Å²) in [6, 6.07) is 5.72. The molecule has 23 heavy (non-hydrogen) atoms. The molecule has 0 radical (unpaired) electrons. The fourth-order valence-electron chi connectivity index (χ4n) is 3.33. The minimum atomic E-state index is -0.162. The Kier molecular flexibility index (Phi) is 3.73. The molecule has 0 fully saturated rings. The molecule has 0 unspecified atom stereocenters.